The van der Waals surface area contributed by atoms with Crippen LogP contribution in [0.25, 0.3) is 93.5 Å². The second-order valence-electron chi connectivity index (χ2n) is 16.5. The molecular weight excluding hydrogens is 773 g/mol. The van der Waals surface area contributed by atoms with Crippen molar-refractivity contribution in [3.63, 3.8) is 0 Å². The highest BCUT2D eigenvalue weighted by molar-refractivity contribution is 6.10. The summed E-state index contributed by atoms with van der Waals surface area (Å²) in [5.41, 5.74) is 16.4. The summed E-state index contributed by atoms with van der Waals surface area (Å²) < 4.78 is 2.42. The van der Waals surface area contributed by atoms with Gasteiger partial charge in [-0.2, -0.15) is 0 Å². The van der Waals surface area contributed by atoms with Crippen molar-refractivity contribution in [2.45, 2.75) is 0 Å². The number of hydrogen-bond donors (Lipinski definition) is 0. The molecule has 0 radical (unpaired) electrons. The Kier molecular flexibility index (Phi) is 9.20. The first kappa shape index (κ1) is 37.3. The molecule has 0 spiro atoms. The lowest BCUT2D eigenvalue weighted by atomic mass is 9.97. The molecule has 2 heteroatoms. The molecule has 1 heterocycles. The van der Waals surface area contributed by atoms with E-state index >= 15 is 0 Å². The summed E-state index contributed by atoms with van der Waals surface area (Å²) in [4.78, 5) is 2.35. The largest absolute Gasteiger partial charge is 0.311 e. The van der Waals surface area contributed by atoms with Gasteiger partial charge in [0.15, 0.2) is 0 Å². The van der Waals surface area contributed by atoms with Crippen molar-refractivity contribution in [1.29, 1.82) is 0 Å². The van der Waals surface area contributed by atoms with E-state index in [0.717, 1.165) is 17.1 Å². The van der Waals surface area contributed by atoms with Gasteiger partial charge in [0, 0.05) is 33.4 Å². The quantitative estimate of drug-likeness (QED) is 0.139. The summed E-state index contributed by atoms with van der Waals surface area (Å²) in [5.74, 6) is 0. The molecule has 12 rings (SSSR count). The van der Waals surface area contributed by atoms with Crippen molar-refractivity contribution in [1.82, 2.24) is 4.57 Å². The number of rotatable bonds is 8. The van der Waals surface area contributed by atoms with Gasteiger partial charge in [0.2, 0.25) is 0 Å². The van der Waals surface area contributed by atoms with E-state index in [9.17, 15) is 0 Å². The average molecular weight is 815 g/mol. The van der Waals surface area contributed by atoms with Crippen LogP contribution in [0.2, 0.25) is 0 Å². The van der Waals surface area contributed by atoms with Crippen LogP contribution in [-0.2, 0) is 0 Å². The topological polar surface area (TPSA) is 8.17 Å². The molecule has 0 saturated heterocycles. The lowest BCUT2D eigenvalue weighted by molar-refractivity contribution is 1.18. The Hall–Kier alpha value is -8.46. The van der Waals surface area contributed by atoms with E-state index < -0.39 is 0 Å². The molecule has 2 nitrogen and oxygen atoms in total. The third-order valence-corrected chi connectivity index (χ3v) is 12.8. The molecule has 300 valence electrons. The van der Waals surface area contributed by atoms with Gasteiger partial charge in [0.1, 0.15) is 0 Å². The maximum atomic E-state index is 2.42. The molecule has 1 aromatic heterocycles. The number of hydrogen-bond acceptors (Lipinski definition) is 1. The van der Waals surface area contributed by atoms with Crippen molar-refractivity contribution < 1.29 is 0 Å². The van der Waals surface area contributed by atoms with Gasteiger partial charge in [-0.1, -0.05) is 188 Å². The highest BCUT2D eigenvalue weighted by atomic mass is 15.1. The summed E-state index contributed by atoms with van der Waals surface area (Å²) in [6.45, 7) is 0. The van der Waals surface area contributed by atoms with Crippen molar-refractivity contribution in [3.8, 4) is 50.2 Å². The van der Waals surface area contributed by atoms with Crippen LogP contribution >= 0.6 is 0 Å². The Labute approximate surface area is 373 Å². The number of aromatic nitrogens is 1. The molecule has 0 aliphatic carbocycles. The van der Waals surface area contributed by atoms with E-state index in [2.05, 4.69) is 264 Å². The number of para-hydroxylation sites is 3. The van der Waals surface area contributed by atoms with Crippen LogP contribution in [0.3, 0.4) is 0 Å². The van der Waals surface area contributed by atoms with Gasteiger partial charge in [-0.15, -0.1) is 0 Å². The van der Waals surface area contributed by atoms with Gasteiger partial charge in [-0.25, -0.2) is 0 Å². The molecule has 64 heavy (non-hydrogen) atoms. The minimum absolute atomic E-state index is 1.09. The smallest absolute Gasteiger partial charge is 0.0541 e. The molecule has 0 atom stereocenters. The highest BCUT2D eigenvalue weighted by Crippen LogP contribution is 2.40. The predicted octanol–water partition coefficient (Wildman–Crippen LogP) is 17.2. The second-order valence-corrected chi connectivity index (χ2v) is 16.5. The Morgan fingerprint density at radius 1 is 0.250 bits per heavy atom. The monoisotopic (exact) mass is 814 g/mol. The molecule has 0 bridgehead atoms. The summed E-state index contributed by atoms with van der Waals surface area (Å²) in [6, 6.07) is 92.6. The predicted molar refractivity (Wildman–Crippen MR) is 272 cm³/mol. The molecule has 0 aliphatic rings. The summed E-state index contributed by atoms with van der Waals surface area (Å²) >= 11 is 0. The van der Waals surface area contributed by atoms with Crippen molar-refractivity contribution in [2.24, 2.45) is 0 Å². The van der Waals surface area contributed by atoms with Crippen molar-refractivity contribution in [2.75, 3.05) is 4.90 Å². The van der Waals surface area contributed by atoms with Gasteiger partial charge in [0.25, 0.3) is 0 Å². The van der Waals surface area contributed by atoms with E-state index in [1.807, 2.05) is 0 Å². The molecular formula is C62H42N2. The van der Waals surface area contributed by atoms with Crippen LogP contribution in [0, 0.1) is 0 Å². The van der Waals surface area contributed by atoms with Crippen molar-refractivity contribution >= 4 is 60.4 Å². The third-order valence-electron chi connectivity index (χ3n) is 12.8. The fourth-order valence-corrected chi connectivity index (χ4v) is 9.64. The standard InChI is InChI=1S/C62H42N2/c1-2-13-43(14-3-1)44-27-34-52(35-28-44)63(54-38-31-46(32-39-54)49-33-40-56-51(42-49)26-25-47-15-4-5-18-55(47)56)53-36-29-45(30-37-53)48-16-12-17-50(41-48)57-19-6-9-22-60(57)64-61-23-10-7-20-58(61)59-21-8-11-24-62(59)64/h1-42H. The molecule has 0 N–H and O–H groups in total. The summed E-state index contributed by atoms with van der Waals surface area (Å²) in [7, 11) is 0. The third kappa shape index (κ3) is 6.61. The fourth-order valence-electron chi connectivity index (χ4n) is 9.64. The van der Waals surface area contributed by atoms with Crippen LogP contribution < -0.4 is 4.90 Å². The average Bonchev–Trinajstić information content (AvgIpc) is 3.71. The van der Waals surface area contributed by atoms with Gasteiger partial charge in [0.05, 0.1) is 16.7 Å². The van der Waals surface area contributed by atoms with Crippen LogP contribution in [0.4, 0.5) is 17.1 Å². The van der Waals surface area contributed by atoms with Gasteiger partial charge >= 0.3 is 0 Å². The molecule has 0 saturated carbocycles. The minimum atomic E-state index is 1.09. The normalized spacial score (nSPS) is 11.4. The van der Waals surface area contributed by atoms with E-state index in [-0.39, 0.29) is 0 Å². The highest BCUT2D eigenvalue weighted by Gasteiger charge is 2.17. The lowest BCUT2D eigenvalue weighted by Gasteiger charge is -2.26. The number of fused-ring (bicyclic) bond motifs is 6. The van der Waals surface area contributed by atoms with Crippen LogP contribution in [0.1, 0.15) is 0 Å². The van der Waals surface area contributed by atoms with E-state index in [1.54, 1.807) is 0 Å². The first-order valence-corrected chi connectivity index (χ1v) is 22.0. The SMILES string of the molecule is c1ccc(-c2ccc(N(c3ccc(-c4cccc(-c5ccccc5-n5c6ccccc6c6ccccc65)c4)cc3)c3ccc(-c4ccc5c(ccc6ccccc65)c4)cc3)cc2)cc1. The zero-order chi connectivity index (χ0) is 42.4. The summed E-state index contributed by atoms with van der Waals surface area (Å²) in [6.07, 6.45) is 0. The van der Waals surface area contributed by atoms with Crippen molar-refractivity contribution in [3.05, 3.63) is 255 Å². The molecule has 12 aromatic rings. The van der Waals surface area contributed by atoms with E-state index in [4.69, 9.17) is 0 Å². The number of benzene rings is 11. The van der Waals surface area contributed by atoms with Gasteiger partial charge < -0.3 is 9.47 Å². The van der Waals surface area contributed by atoms with Crippen LogP contribution in [0.5, 0.6) is 0 Å². The van der Waals surface area contributed by atoms with Gasteiger partial charge in [-0.3, -0.25) is 0 Å². The molecule has 0 aliphatic heterocycles. The van der Waals surface area contributed by atoms with Crippen LogP contribution in [0.15, 0.2) is 255 Å². The maximum absolute atomic E-state index is 2.42. The Bertz CT molecular complexity index is 3580. The zero-order valence-corrected chi connectivity index (χ0v) is 35.1. The fraction of sp³-hybridized carbons (Fsp3) is 0. The Morgan fingerprint density at radius 2 is 0.688 bits per heavy atom. The molecule has 11 aromatic carbocycles. The van der Waals surface area contributed by atoms with E-state index in [0.29, 0.717) is 0 Å². The Morgan fingerprint density at radius 3 is 1.34 bits per heavy atom. The molecule has 0 amide bonds. The second kappa shape index (κ2) is 15.8. The first-order chi connectivity index (χ1) is 31.7. The Balaban J connectivity index is 0.898. The minimum Gasteiger partial charge on any atom is -0.311 e. The molecule has 0 unspecified atom stereocenters. The zero-order valence-electron chi connectivity index (χ0n) is 35.1. The van der Waals surface area contributed by atoms with Crippen LogP contribution in [-0.4, -0.2) is 4.57 Å². The lowest BCUT2D eigenvalue weighted by Crippen LogP contribution is -2.09. The number of anilines is 3. The molecule has 0 fully saturated rings. The van der Waals surface area contributed by atoms with Gasteiger partial charge in [-0.05, 0) is 127 Å². The van der Waals surface area contributed by atoms with E-state index in [1.165, 1.54) is 93.5 Å². The number of nitrogens with zero attached hydrogens (tertiary/aromatic N) is 2. The summed E-state index contributed by atoms with van der Waals surface area (Å²) in [5, 5.41) is 7.61. The maximum Gasteiger partial charge on any atom is 0.0541 e. The first-order valence-electron chi connectivity index (χ1n) is 22.0.